The highest BCUT2D eigenvalue weighted by molar-refractivity contribution is 6.00. The number of nitro benzene ring substituents is 9. The van der Waals surface area contributed by atoms with Crippen molar-refractivity contribution in [3.63, 3.8) is 0 Å². The average Bonchev–Trinajstić information content (AvgIpc) is 2.95. The van der Waals surface area contributed by atoms with E-state index in [1.807, 2.05) is 0 Å². The highest BCUT2D eigenvalue weighted by Crippen LogP contribution is 2.57. The summed E-state index contributed by atoms with van der Waals surface area (Å²) in [5, 5.41) is 107. The molecule has 0 atom stereocenters. The molecule has 0 radical (unpaired) electrons. The Labute approximate surface area is 245 Å². The Bertz CT molecular complexity index is 1650. The number of hydrogen-bond donors (Lipinski definition) is 0. The van der Waals surface area contributed by atoms with E-state index in [0.717, 1.165) is 0 Å². The van der Waals surface area contributed by atoms with Gasteiger partial charge in [-0.1, -0.05) is 0 Å². The fourth-order valence-corrected chi connectivity index (χ4v) is 3.94. The van der Waals surface area contributed by atoms with E-state index in [9.17, 15) is 91.0 Å². The van der Waals surface area contributed by atoms with E-state index >= 15 is 0 Å². The maximum Gasteiger partial charge on any atom is 0.307 e. The van der Waals surface area contributed by atoms with Gasteiger partial charge in [-0.15, -0.1) is 0 Å². The van der Waals surface area contributed by atoms with Crippen LogP contribution in [0.2, 0.25) is 0 Å². The molecule has 0 aliphatic rings. The molecule has 0 aromatic heterocycles. The molecule has 0 saturated carbocycles. The Hall–Kier alpha value is -7.94. The third kappa shape index (κ3) is 5.72. The van der Waals surface area contributed by atoms with Gasteiger partial charge in [-0.2, -0.15) is 0 Å². The van der Waals surface area contributed by atoms with Gasteiger partial charge in [-0.3, -0.25) is 95.9 Å². The number of nitrogens with zero attached hydrogens (tertiary/aromatic N) is 10. The largest absolute Gasteiger partial charge is 0.307 e. The van der Waals surface area contributed by atoms with Crippen LogP contribution < -0.4 is 4.90 Å². The number of non-ortho nitro benzene ring substituents is 3. The Kier molecular flexibility index (Phi) is 8.32. The van der Waals surface area contributed by atoms with Gasteiger partial charge in [0.05, 0.1) is 80.7 Å². The molecule has 0 N–H and O–H groups in total. The Morgan fingerprint density at radius 3 is 0.565 bits per heavy atom. The second-order valence-corrected chi connectivity index (χ2v) is 8.15. The quantitative estimate of drug-likeness (QED) is 0.194. The van der Waals surface area contributed by atoms with Crippen molar-refractivity contribution in [2.45, 2.75) is 0 Å². The molecule has 28 nitrogen and oxygen atoms in total. The van der Waals surface area contributed by atoms with Gasteiger partial charge < -0.3 is 0 Å². The Morgan fingerprint density at radius 1 is 0.304 bits per heavy atom. The van der Waals surface area contributed by atoms with Crippen LogP contribution in [0.15, 0.2) is 36.4 Å². The summed E-state index contributed by atoms with van der Waals surface area (Å²) in [4.78, 5) is 92.3. The van der Waals surface area contributed by atoms with Gasteiger partial charge in [-0.25, -0.2) is 0 Å². The first kappa shape index (κ1) is 32.6. The molecule has 0 spiro atoms. The second-order valence-electron chi connectivity index (χ2n) is 8.15. The zero-order valence-electron chi connectivity index (χ0n) is 21.3. The summed E-state index contributed by atoms with van der Waals surface area (Å²) in [6.07, 6.45) is 0. The summed E-state index contributed by atoms with van der Waals surface area (Å²) >= 11 is 0. The van der Waals surface area contributed by atoms with E-state index in [1.165, 1.54) is 0 Å². The van der Waals surface area contributed by atoms with Gasteiger partial charge in [0.15, 0.2) is 0 Å². The molecule has 0 unspecified atom stereocenters. The first-order chi connectivity index (χ1) is 21.3. The molecule has 0 fully saturated rings. The predicted molar refractivity (Wildman–Crippen MR) is 141 cm³/mol. The molecule has 0 heterocycles. The van der Waals surface area contributed by atoms with Crippen molar-refractivity contribution >= 4 is 68.2 Å². The molecule has 28 heteroatoms. The van der Waals surface area contributed by atoms with Crippen molar-refractivity contribution in [3.8, 4) is 0 Å². The van der Waals surface area contributed by atoms with Crippen LogP contribution in [0.25, 0.3) is 0 Å². The van der Waals surface area contributed by atoms with Crippen molar-refractivity contribution in [2.75, 3.05) is 4.90 Å². The van der Waals surface area contributed by atoms with E-state index in [2.05, 4.69) is 0 Å². The minimum Gasteiger partial charge on any atom is -0.275 e. The third-order valence-corrected chi connectivity index (χ3v) is 5.65. The van der Waals surface area contributed by atoms with Crippen LogP contribution in [-0.2, 0) is 0 Å². The lowest BCUT2D eigenvalue weighted by molar-refractivity contribution is -0.403. The minimum absolute atomic E-state index is 0.0541. The van der Waals surface area contributed by atoms with Gasteiger partial charge in [0.1, 0.15) is 0 Å². The molecule has 0 saturated heterocycles. The van der Waals surface area contributed by atoms with Gasteiger partial charge in [0, 0.05) is 0 Å². The molecule has 0 aliphatic heterocycles. The third-order valence-electron chi connectivity index (χ3n) is 5.65. The van der Waals surface area contributed by atoms with E-state index in [4.69, 9.17) is 0 Å². The van der Waals surface area contributed by atoms with Crippen LogP contribution in [0.5, 0.6) is 0 Å². The molecule has 0 amide bonds. The lowest BCUT2D eigenvalue weighted by Crippen LogP contribution is -2.20. The maximum absolute atomic E-state index is 12.1. The predicted octanol–water partition coefficient (Wildman–Crippen LogP) is 4.33. The fourth-order valence-electron chi connectivity index (χ4n) is 3.94. The van der Waals surface area contributed by atoms with E-state index < -0.39 is 117 Å². The summed E-state index contributed by atoms with van der Waals surface area (Å²) in [5.41, 5.74) is -21.0. The van der Waals surface area contributed by atoms with Crippen molar-refractivity contribution in [2.24, 2.45) is 0 Å². The van der Waals surface area contributed by atoms with Crippen LogP contribution >= 0.6 is 0 Å². The second kappa shape index (κ2) is 11.7. The number of anilines is 3. The topological polar surface area (TPSA) is 391 Å². The van der Waals surface area contributed by atoms with Crippen LogP contribution in [0.1, 0.15) is 0 Å². The number of nitro groups is 9. The SMILES string of the molecule is O=[N+]([O-])c1cc([N+](=O)[O-])c(N(c2c([N+](=O)[O-])cc([N+](=O)[O-])cc2[N+](=O)[O-])c2c([N+](=O)[O-])cc([N+](=O)[O-])cc2[N+](=O)[O-])c([N+](=O)[O-])c1. The lowest BCUT2D eigenvalue weighted by Gasteiger charge is -2.23. The highest BCUT2D eigenvalue weighted by atomic mass is 16.7. The van der Waals surface area contributed by atoms with Crippen molar-refractivity contribution in [3.05, 3.63) is 127 Å². The molecule has 46 heavy (non-hydrogen) atoms. The van der Waals surface area contributed by atoms with E-state index in [0.29, 0.717) is 0 Å². The molecule has 0 bridgehead atoms. The molecular weight excluding hydrogens is 644 g/mol. The van der Waals surface area contributed by atoms with Gasteiger partial charge in [0.2, 0.25) is 17.1 Å². The lowest BCUT2D eigenvalue weighted by atomic mass is 10.1. The minimum atomic E-state index is -1.86. The van der Waals surface area contributed by atoms with Crippen molar-refractivity contribution < 1.29 is 44.3 Å². The number of hydrogen-bond acceptors (Lipinski definition) is 19. The molecule has 236 valence electrons. The highest BCUT2D eigenvalue weighted by Gasteiger charge is 2.48. The number of benzene rings is 3. The van der Waals surface area contributed by atoms with Crippen LogP contribution in [-0.4, -0.2) is 44.3 Å². The van der Waals surface area contributed by atoms with Gasteiger partial charge >= 0.3 is 34.1 Å². The summed E-state index contributed by atoms with van der Waals surface area (Å²) in [5.74, 6) is 0. The summed E-state index contributed by atoms with van der Waals surface area (Å²) < 4.78 is 0. The Balaban J connectivity index is 2.93. The standard InChI is InChI=1S/C18H6N10O18/c29-20(30)7-1-10(23(35)36)16(11(2-7)24(37)38)19(17-12(25(39)40)3-8(21(31)32)4-13(17)26(41)42)18-14(27(43)44)5-9(22(33)34)6-15(18)28(45)46/h1-6H. The summed E-state index contributed by atoms with van der Waals surface area (Å²) in [6, 6.07) is -0.325. The van der Waals surface area contributed by atoms with Crippen LogP contribution in [0, 0.1) is 91.0 Å². The molecule has 0 aliphatic carbocycles. The zero-order chi connectivity index (χ0) is 34.9. The summed E-state index contributed by atoms with van der Waals surface area (Å²) in [6.45, 7) is 0. The summed E-state index contributed by atoms with van der Waals surface area (Å²) in [7, 11) is 0. The smallest absolute Gasteiger partial charge is 0.275 e. The molecule has 3 aromatic carbocycles. The van der Waals surface area contributed by atoms with E-state index in [-0.39, 0.29) is 36.4 Å². The number of rotatable bonds is 12. The monoisotopic (exact) mass is 650 g/mol. The normalized spacial score (nSPS) is 10.4. The molecular formula is C18H6N10O18. The zero-order valence-corrected chi connectivity index (χ0v) is 21.3. The maximum atomic E-state index is 12.1. The molecule has 3 aromatic rings. The van der Waals surface area contributed by atoms with Crippen molar-refractivity contribution in [1.82, 2.24) is 0 Å². The first-order valence-corrected chi connectivity index (χ1v) is 10.9. The Morgan fingerprint density at radius 2 is 0.457 bits per heavy atom. The van der Waals surface area contributed by atoms with Crippen LogP contribution in [0.4, 0.5) is 68.2 Å². The van der Waals surface area contributed by atoms with E-state index in [1.54, 1.807) is 0 Å². The van der Waals surface area contributed by atoms with Crippen molar-refractivity contribution in [1.29, 1.82) is 0 Å². The first-order valence-electron chi connectivity index (χ1n) is 10.9. The van der Waals surface area contributed by atoms with Gasteiger partial charge in [0.25, 0.3) is 17.1 Å². The van der Waals surface area contributed by atoms with Gasteiger partial charge in [-0.05, 0) is 0 Å². The average molecular weight is 650 g/mol. The molecule has 3 rings (SSSR count). The fraction of sp³-hybridized carbons (Fsp3) is 0. The van der Waals surface area contributed by atoms with Crippen LogP contribution in [0.3, 0.4) is 0 Å².